The molecule has 1 aromatic carbocycles. The smallest absolute Gasteiger partial charge is 0.239 e. The quantitative estimate of drug-likeness (QED) is 0.888. The fraction of sp³-hybridized carbons (Fsp3) is 0.462. The zero-order chi connectivity index (χ0) is 13.1. The first-order valence-electron chi connectivity index (χ1n) is 5.97. The number of rotatable bonds is 3. The van der Waals surface area contributed by atoms with Gasteiger partial charge in [0.15, 0.2) is 0 Å². The number of benzene rings is 1. The van der Waals surface area contributed by atoms with Gasteiger partial charge in [-0.2, -0.15) is 0 Å². The Morgan fingerprint density at radius 1 is 1.58 bits per heavy atom. The number of aliphatic hydroxyl groups is 1. The number of carbonyl (C=O) groups excluding carboxylic acids is 1. The largest absolute Gasteiger partial charge is 0.392 e. The van der Waals surface area contributed by atoms with E-state index in [0.717, 1.165) is 5.56 Å². The van der Waals surface area contributed by atoms with Crippen molar-refractivity contribution in [1.29, 1.82) is 0 Å². The second-order valence-corrected chi connectivity index (χ2v) is 5.11. The lowest BCUT2D eigenvalue weighted by Gasteiger charge is -2.21. The molecule has 19 heavy (non-hydrogen) atoms. The Kier molecular flexibility index (Phi) is 6.07. The summed E-state index contributed by atoms with van der Waals surface area (Å²) in [6.45, 7) is 1.01. The van der Waals surface area contributed by atoms with Crippen LogP contribution in [0.3, 0.4) is 0 Å². The molecule has 0 bridgehead atoms. The van der Waals surface area contributed by atoms with Crippen LogP contribution in [0.2, 0.25) is 5.02 Å². The zero-order valence-corrected chi connectivity index (χ0v) is 12.2. The predicted molar refractivity (Wildman–Crippen MR) is 77.6 cm³/mol. The lowest BCUT2D eigenvalue weighted by molar-refractivity contribution is -0.132. The van der Waals surface area contributed by atoms with Crippen LogP contribution in [0.1, 0.15) is 12.0 Å². The number of aliphatic hydroxyl groups excluding tert-OH is 1. The molecule has 6 heteroatoms. The standard InChI is InChI=1S/C13H17ClN2O2.ClH/c1-16(8-9-3-2-4-10(14)5-9)13(18)12-6-11(17)7-15-12;/h2-5,11-12,15,17H,6-8H2,1H3;1H. The number of hydrogen-bond acceptors (Lipinski definition) is 3. The Hall–Kier alpha value is -0.810. The highest BCUT2D eigenvalue weighted by Gasteiger charge is 2.29. The van der Waals surface area contributed by atoms with Gasteiger partial charge in [-0.25, -0.2) is 0 Å². The molecule has 0 aliphatic carbocycles. The van der Waals surface area contributed by atoms with Crippen molar-refractivity contribution in [2.24, 2.45) is 0 Å². The second-order valence-electron chi connectivity index (χ2n) is 4.67. The van der Waals surface area contributed by atoms with E-state index in [0.29, 0.717) is 24.5 Å². The maximum atomic E-state index is 12.1. The van der Waals surface area contributed by atoms with Crippen molar-refractivity contribution in [3.05, 3.63) is 34.9 Å². The average Bonchev–Trinajstić information content (AvgIpc) is 2.75. The lowest BCUT2D eigenvalue weighted by atomic mass is 10.1. The first-order valence-corrected chi connectivity index (χ1v) is 6.35. The summed E-state index contributed by atoms with van der Waals surface area (Å²) in [5.74, 6) is 0.00604. The van der Waals surface area contributed by atoms with Crippen LogP contribution in [0.25, 0.3) is 0 Å². The molecule has 0 saturated carbocycles. The Morgan fingerprint density at radius 2 is 2.32 bits per heavy atom. The van der Waals surface area contributed by atoms with E-state index in [4.69, 9.17) is 11.6 Å². The van der Waals surface area contributed by atoms with Crippen molar-refractivity contribution >= 4 is 29.9 Å². The van der Waals surface area contributed by atoms with Gasteiger partial charge in [0, 0.05) is 25.2 Å². The van der Waals surface area contributed by atoms with Crippen LogP contribution in [0.4, 0.5) is 0 Å². The normalized spacial score (nSPS) is 21.8. The summed E-state index contributed by atoms with van der Waals surface area (Å²) in [4.78, 5) is 13.8. The average molecular weight is 305 g/mol. The lowest BCUT2D eigenvalue weighted by Crippen LogP contribution is -2.41. The zero-order valence-electron chi connectivity index (χ0n) is 10.7. The van der Waals surface area contributed by atoms with Crippen LogP contribution in [0.15, 0.2) is 24.3 Å². The van der Waals surface area contributed by atoms with Gasteiger partial charge in [-0.05, 0) is 24.1 Å². The van der Waals surface area contributed by atoms with Crippen molar-refractivity contribution < 1.29 is 9.90 Å². The van der Waals surface area contributed by atoms with Crippen LogP contribution in [-0.4, -0.2) is 41.7 Å². The minimum Gasteiger partial charge on any atom is -0.392 e. The minimum absolute atomic E-state index is 0. The topological polar surface area (TPSA) is 52.6 Å². The molecule has 0 aromatic heterocycles. The molecule has 106 valence electrons. The van der Waals surface area contributed by atoms with E-state index < -0.39 is 6.10 Å². The van der Waals surface area contributed by atoms with E-state index in [9.17, 15) is 9.90 Å². The molecule has 1 saturated heterocycles. The number of nitrogens with one attached hydrogen (secondary N) is 1. The first kappa shape index (κ1) is 16.2. The summed E-state index contributed by atoms with van der Waals surface area (Å²) in [5.41, 5.74) is 0.997. The maximum absolute atomic E-state index is 12.1. The molecule has 1 aliphatic heterocycles. The Bertz CT molecular complexity index is 442. The van der Waals surface area contributed by atoms with Crippen LogP contribution in [0, 0.1) is 0 Å². The van der Waals surface area contributed by atoms with E-state index in [1.54, 1.807) is 11.9 Å². The summed E-state index contributed by atoms with van der Waals surface area (Å²) in [6.07, 6.45) is 0.0668. The van der Waals surface area contributed by atoms with E-state index in [2.05, 4.69) is 5.32 Å². The fourth-order valence-corrected chi connectivity index (χ4v) is 2.37. The van der Waals surface area contributed by atoms with Crippen molar-refractivity contribution in [2.75, 3.05) is 13.6 Å². The van der Waals surface area contributed by atoms with Gasteiger partial charge in [0.25, 0.3) is 0 Å². The number of carbonyl (C=O) groups is 1. The Labute approximate surface area is 124 Å². The Balaban J connectivity index is 0.00000180. The van der Waals surface area contributed by atoms with E-state index in [1.807, 2.05) is 24.3 Å². The minimum atomic E-state index is -0.418. The van der Waals surface area contributed by atoms with Crippen molar-refractivity contribution in [3.8, 4) is 0 Å². The molecule has 1 fully saturated rings. The van der Waals surface area contributed by atoms with Crippen LogP contribution in [-0.2, 0) is 11.3 Å². The third kappa shape index (κ3) is 4.35. The SMILES string of the molecule is CN(Cc1cccc(Cl)c1)C(=O)C1CC(O)CN1.Cl. The monoisotopic (exact) mass is 304 g/mol. The van der Waals surface area contributed by atoms with Gasteiger partial charge in [-0.1, -0.05) is 23.7 Å². The van der Waals surface area contributed by atoms with Crippen LogP contribution in [0.5, 0.6) is 0 Å². The number of amides is 1. The molecule has 2 N–H and O–H groups in total. The van der Waals surface area contributed by atoms with Gasteiger partial charge in [-0.3, -0.25) is 4.79 Å². The highest BCUT2D eigenvalue weighted by Crippen LogP contribution is 2.14. The van der Waals surface area contributed by atoms with Gasteiger partial charge < -0.3 is 15.3 Å². The van der Waals surface area contributed by atoms with Gasteiger partial charge in [0.05, 0.1) is 12.1 Å². The van der Waals surface area contributed by atoms with Crippen molar-refractivity contribution in [2.45, 2.75) is 25.1 Å². The third-order valence-electron chi connectivity index (χ3n) is 3.09. The molecular formula is C13H18Cl2N2O2. The van der Waals surface area contributed by atoms with E-state index >= 15 is 0 Å². The van der Waals surface area contributed by atoms with Crippen LogP contribution >= 0.6 is 24.0 Å². The van der Waals surface area contributed by atoms with Crippen molar-refractivity contribution in [1.82, 2.24) is 10.2 Å². The van der Waals surface area contributed by atoms with Gasteiger partial charge in [0.1, 0.15) is 0 Å². The van der Waals surface area contributed by atoms with E-state index in [1.165, 1.54) is 0 Å². The van der Waals surface area contributed by atoms with E-state index in [-0.39, 0.29) is 24.4 Å². The molecular weight excluding hydrogens is 287 g/mol. The number of likely N-dealkylation sites (N-methyl/N-ethyl adjacent to an activating group) is 1. The number of halogens is 2. The molecule has 1 aromatic rings. The van der Waals surface area contributed by atoms with Gasteiger partial charge >= 0.3 is 0 Å². The second kappa shape index (κ2) is 7.10. The first-order chi connectivity index (χ1) is 8.56. The summed E-state index contributed by atoms with van der Waals surface area (Å²) in [5, 5.41) is 13.1. The predicted octanol–water partition coefficient (Wildman–Crippen LogP) is 1.44. The third-order valence-corrected chi connectivity index (χ3v) is 3.33. The summed E-state index contributed by atoms with van der Waals surface area (Å²) in [6, 6.07) is 7.19. The van der Waals surface area contributed by atoms with Gasteiger partial charge in [0.2, 0.25) is 5.91 Å². The molecule has 0 radical (unpaired) electrons. The number of nitrogens with zero attached hydrogens (tertiary/aromatic N) is 1. The summed E-state index contributed by atoms with van der Waals surface area (Å²) >= 11 is 5.91. The summed E-state index contributed by atoms with van der Waals surface area (Å²) < 4.78 is 0. The molecule has 1 aliphatic rings. The molecule has 1 heterocycles. The molecule has 2 rings (SSSR count). The number of hydrogen-bond donors (Lipinski definition) is 2. The highest BCUT2D eigenvalue weighted by molar-refractivity contribution is 6.30. The van der Waals surface area contributed by atoms with Crippen LogP contribution < -0.4 is 5.32 Å². The molecule has 4 nitrogen and oxygen atoms in total. The highest BCUT2D eigenvalue weighted by atomic mass is 35.5. The molecule has 2 unspecified atom stereocenters. The number of β-amino-alcohol motifs (C(OH)–C–C–N with tert-alkyl or cyclic N) is 1. The molecule has 2 atom stereocenters. The summed E-state index contributed by atoms with van der Waals surface area (Å²) in [7, 11) is 1.76. The molecule has 0 spiro atoms. The Morgan fingerprint density at radius 3 is 2.89 bits per heavy atom. The van der Waals surface area contributed by atoms with Crippen molar-refractivity contribution in [3.63, 3.8) is 0 Å². The molecule has 1 amide bonds. The maximum Gasteiger partial charge on any atom is 0.239 e. The van der Waals surface area contributed by atoms with Gasteiger partial charge in [-0.15, -0.1) is 12.4 Å². The fourth-order valence-electron chi connectivity index (χ4n) is 2.16.